The Morgan fingerprint density at radius 2 is 2.06 bits per heavy atom. The van der Waals surface area contributed by atoms with E-state index in [0.29, 0.717) is 0 Å². The molecular formula is C14H19NO2. The Morgan fingerprint density at radius 3 is 2.59 bits per heavy atom. The summed E-state index contributed by atoms with van der Waals surface area (Å²) < 4.78 is 4.62. The van der Waals surface area contributed by atoms with Crippen molar-refractivity contribution >= 4 is 11.7 Å². The maximum absolute atomic E-state index is 11.3. The fourth-order valence-corrected chi connectivity index (χ4v) is 1.55. The van der Waals surface area contributed by atoms with E-state index in [4.69, 9.17) is 0 Å². The lowest BCUT2D eigenvalue weighted by atomic mass is 9.92. The van der Waals surface area contributed by atoms with Crippen molar-refractivity contribution in [2.24, 2.45) is 0 Å². The fraction of sp³-hybridized carbons (Fsp3) is 0.357. The average Bonchev–Trinajstić information content (AvgIpc) is 2.28. The molecule has 0 aliphatic heterocycles. The molecule has 0 saturated heterocycles. The number of amides is 1. The molecule has 1 rings (SSSR count). The monoisotopic (exact) mass is 233 g/mol. The Labute approximate surface area is 102 Å². The number of allylic oxidation sites excluding steroid dienone is 1. The van der Waals surface area contributed by atoms with E-state index in [1.54, 1.807) is 0 Å². The summed E-state index contributed by atoms with van der Waals surface area (Å²) in [5.41, 5.74) is 2.62. The molecule has 3 heteroatoms. The Hall–Kier alpha value is -1.77. The summed E-state index contributed by atoms with van der Waals surface area (Å²) >= 11 is 0. The number of ether oxygens (including phenoxy) is 1. The number of hydrogen-bond acceptors (Lipinski definition) is 2. The molecule has 0 heterocycles. The summed E-state index contributed by atoms with van der Waals surface area (Å²) in [5, 5.41) is 2.80. The van der Waals surface area contributed by atoms with E-state index in [1.165, 1.54) is 7.11 Å². The number of carbonyl (C=O) groups excluding carboxylic acids is 1. The average molecular weight is 233 g/mol. The minimum absolute atomic E-state index is 0.435. The van der Waals surface area contributed by atoms with Crippen molar-refractivity contribution in [3.8, 4) is 0 Å². The van der Waals surface area contributed by atoms with Gasteiger partial charge in [-0.2, -0.15) is 0 Å². The molecule has 0 aliphatic rings. The van der Waals surface area contributed by atoms with E-state index >= 15 is 0 Å². The van der Waals surface area contributed by atoms with E-state index in [0.717, 1.165) is 16.7 Å². The Morgan fingerprint density at radius 1 is 1.41 bits per heavy atom. The second-order valence-corrected chi connectivity index (χ2v) is 4.60. The van der Waals surface area contributed by atoms with Crippen LogP contribution in [0.5, 0.6) is 0 Å². The summed E-state index contributed by atoms with van der Waals surface area (Å²) in [5.74, 6) is 0. The van der Waals surface area contributed by atoms with Gasteiger partial charge in [0.05, 0.1) is 12.6 Å². The maximum atomic E-state index is 11.3. The molecule has 0 radical (unpaired) electrons. The predicted octanol–water partition coefficient (Wildman–Crippen LogP) is 3.31. The number of nitrogens with one attached hydrogen (secondary N) is 1. The highest BCUT2D eigenvalue weighted by atomic mass is 16.5. The first-order valence-electron chi connectivity index (χ1n) is 5.49. The van der Waals surface area contributed by atoms with Gasteiger partial charge >= 0.3 is 6.09 Å². The van der Waals surface area contributed by atoms with Crippen LogP contribution in [-0.4, -0.2) is 13.2 Å². The number of carbonyl (C=O) groups is 1. The lowest BCUT2D eigenvalue weighted by Crippen LogP contribution is -2.40. The van der Waals surface area contributed by atoms with Crippen molar-refractivity contribution in [3.63, 3.8) is 0 Å². The largest absolute Gasteiger partial charge is 0.453 e. The molecule has 0 atom stereocenters. The number of benzene rings is 1. The molecule has 0 aliphatic carbocycles. The van der Waals surface area contributed by atoms with Crippen molar-refractivity contribution in [1.29, 1.82) is 0 Å². The topological polar surface area (TPSA) is 38.3 Å². The van der Waals surface area contributed by atoms with E-state index in [9.17, 15) is 4.79 Å². The lowest BCUT2D eigenvalue weighted by Gasteiger charge is -2.26. The molecule has 0 bridgehead atoms. The van der Waals surface area contributed by atoms with Crippen LogP contribution in [0, 0.1) is 0 Å². The van der Waals surface area contributed by atoms with Crippen LogP contribution in [0.15, 0.2) is 30.8 Å². The van der Waals surface area contributed by atoms with Gasteiger partial charge in [0.15, 0.2) is 0 Å². The Kier molecular flexibility index (Phi) is 3.94. The van der Waals surface area contributed by atoms with Crippen LogP contribution in [0.1, 0.15) is 31.9 Å². The second-order valence-electron chi connectivity index (χ2n) is 4.60. The van der Waals surface area contributed by atoms with Crippen LogP contribution < -0.4 is 5.32 Å². The SMILES string of the molecule is C=C(C)c1cccc(C(C)(C)NC(=O)OC)c1. The van der Waals surface area contributed by atoms with Gasteiger partial charge in [-0.25, -0.2) is 4.79 Å². The molecule has 0 unspecified atom stereocenters. The molecule has 0 spiro atoms. The molecule has 17 heavy (non-hydrogen) atoms. The van der Waals surface area contributed by atoms with E-state index in [-0.39, 0.29) is 0 Å². The van der Waals surface area contributed by atoms with E-state index < -0.39 is 11.6 Å². The van der Waals surface area contributed by atoms with Crippen LogP contribution in [0.25, 0.3) is 5.57 Å². The minimum atomic E-state index is -0.474. The van der Waals surface area contributed by atoms with Crippen LogP contribution in [-0.2, 0) is 10.3 Å². The summed E-state index contributed by atoms with van der Waals surface area (Å²) in [6.45, 7) is 9.74. The predicted molar refractivity (Wildman–Crippen MR) is 69.7 cm³/mol. The minimum Gasteiger partial charge on any atom is -0.453 e. The van der Waals surface area contributed by atoms with Crippen LogP contribution in [0.4, 0.5) is 4.79 Å². The van der Waals surface area contributed by atoms with Crippen LogP contribution in [0.2, 0.25) is 0 Å². The summed E-state index contributed by atoms with van der Waals surface area (Å²) in [4.78, 5) is 11.3. The second kappa shape index (κ2) is 5.04. The van der Waals surface area contributed by atoms with Gasteiger partial charge in [-0.05, 0) is 38.0 Å². The molecule has 1 N–H and O–H groups in total. The highest BCUT2D eigenvalue weighted by Crippen LogP contribution is 2.23. The third kappa shape index (κ3) is 3.34. The zero-order valence-electron chi connectivity index (χ0n) is 10.8. The third-order valence-electron chi connectivity index (χ3n) is 2.68. The van der Waals surface area contributed by atoms with Gasteiger partial charge in [-0.3, -0.25) is 0 Å². The van der Waals surface area contributed by atoms with E-state index in [1.807, 2.05) is 45.0 Å². The number of alkyl carbamates (subject to hydrolysis) is 1. The number of methoxy groups -OCH3 is 1. The molecule has 3 nitrogen and oxygen atoms in total. The first-order valence-corrected chi connectivity index (χ1v) is 5.49. The van der Waals surface area contributed by atoms with Gasteiger partial charge in [0.2, 0.25) is 0 Å². The zero-order chi connectivity index (χ0) is 13.1. The summed E-state index contributed by atoms with van der Waals surface area (Å²) in [6, 6.07) is 7.96. The molecule has 0 fully saturated rings. The van der Waals surface area contributed by atoms with Crippen molar-refractivity contribution in [1.82, 2.24) is 5.32 Å². The standard InChI is InChI=1S/C14H19NO2/c1-10(2)11-7-6-8-12(9-11)14(3,4)15-13(16)17-5/h6-9H,1H2,2-5H3,(H,15,16). The molecular weight excluding hydrogens is 214 g/mol. The molecule has 0 aromatic heterocycles. The maximum Gasteiger partial charge on any atom is 0.407 e. The normalized spacial score (nSPS) is 10.8. The van der Waals surface area contributed by atoms with Gasteiger partial charge in [0.25, 0.3) is 0 Å². The zero-order valence-corrected chi connectivity index (χ0v) is 10.8. The van der Waals surface area contributed by atoms with E-state index in [2.05, 4.69) is 16.6 Å². The van der Waals surface area contributed by atoms with Crippen molar-refractivity contribution in [3.05, 3.63) is 42.0 Å². The molecule has 1 aromatic rings. The highest BCUT2D eigenvalue weighted by Gasteiger charge is 2.23. The first kappa shape index (κ1) is 13.3. The van der Waals surface area contributed by atoms with Crippen molar-refractivity contribution in [2.75, 3.05) is 7.11 Å². The van der Waals surface area contributed by atoms with Gasteiger partial charge in [-0.1, -0.05) is 30.4 Å². The van der Waals surface area contributed by atoms with Gasteiger partial charge in [0, 0.05) is 0 Å². The third-order valence-corrected chi connectivity index (χ3v) is 2.68. The smallest absolute Gasteiger partial charge is 0.407 e. The highest BCUT2D eigenvalue weighted by molar-refractivity contribution is 5.69. The van der Waals surface area contributed by atoms with Crippen molar-refractivity contribution < 1.29 is 9.53 Å². The quantitative estimate of drug-likeness (QED) is 0.869. The molecule has 0 saturated carbocycles. The van der Waals surface area contributed by atoms with Crippen LogP contribution in [0.3, 0.4) is 0 Å². The Balaban J connectivity index is 3.01. The first-order chi connectivity index (χ1) is 7.86. The van der Waals surface area contributed by atoms with Crippen molar-refractivity contribution in [2.45, 2.75) is 26.3 Å². The molecule has 92 valence electrons. The number of rotatable bonds is 3. The molecule has 1 aromatic carbocycles. The Bertz CT molecular complexity index is 436. The number of hydrogen-bond donors (Lipinski definition) is 1. The molecule has 1 amide bonds. The van der Waals surface area contributed by atoms with Gasteiger partial charge in [-0.15, -0.1) is 0 Å². The summed E-state index contributed by atoms with van der Waals surface area (Å²) in [6.07, 6.45) is -0.435. The summed E-state index contributed by atoms with van der Waals surface area (Å²) in [7, 11) is 1.36. The van der Waals surface area contributed by atoms with Gasteiger partial charge < -0.3 is 10.1 Å². The fourth-order valence-electron chi connectivity index (χ4n) is 1.55. The van der Waals surface area contributed by atoms with Crippen LogP contribution >= 0.6 is 0 Å². The lowest BCUT2D eigenvalue weighted by molar-refractivity contribution is 0.159. The van der Waals surface area contributed by atoms with Gasteiger partial charge in [0.1, 0.15) is 0 Å².